The van der Waals surface area contributed by atoms with Gasteiger partial charge in [-0.1, -0.05) is 40.5 Å². The molecule has 0 fully saturated rings. The molecule has 0 aliphatic heterocycles. The fraction of sp³-hybridized carbons (Fsp3) is 0.0625. The molecule has 0 spiro atoms. The van der Waals surface area contributed by atoms with Crippen LogP contribution >= 0.6 is 23.2 Å². The normalized spacial score (nSPS) is 10.8. The van der Waals surface area contributed by atoms with Crippen LogP contribution in [0.1, 0.15) is 5.56 Å². The second-order valence-corrected chi connectivity index (χ2v) is 5.67. The van der Waals surface area contributed by atoms with Crippen molar-refractivity contribution in [3.05, 3.63) is 58.1 Å². The van der Waals surface area contributed by atoms with Crippen molar-refractivity contribution in [2.75, 3.05) is 5.73 Å². The van der Waals surface area contributed by atoms with E-state index in [9.17, 15) is 0 Å². The van der Waals surface area contributed by atoms with Crippen molar-refractivity contribution in [3.63, 3.8) is 0 Å². The van der Waals surface area contributed by atoms with Crippen LogP contribution in [0.15, 0.2) is 47.0 Å². The molecule has 0 saturated heterocycles. The van der Waals surface area contributed by atoms with E-state index in [0.717, 1.165) is 22.3 Å². The molecule has 1 aromatic heterocycles. The van der Waals surface area contributed by atoms with Crippen molar-refractivity contribution < 1.29 is 4.52 Å². The molecular formula is C16H12Cl2N2O. The number of aryl methyl sites for hydroxylation is 1. The number of nitrogens with two attached hydrogens (primary N) is 1. The molecule has 21 heavy (non-hydrogen) atoms. The first kappa shape index (κ1) is 14.0. The lowest BCUT2D eigenvalue weighted by Gasteiger charge is -2.05. The van der Waals surface area contributed by atoms with Gasteiger partial charge in [0, 0.05) is 15.6 Å². The molecule has 3 rings (SSSR count). The summed E-state index contributed by atoms with van der Waals surface area (Å²) in [4.78, 5) is 0. The first-order valence-corrected chi connectivity index (χ1v) is 7.09. The Bertz CT molecular complexity index is 792. The molecule has 0 aliphatic carbocycles. The molecule has 5 heteroatoms. The largest absolute Gasteiger partial charge is 0.380 e. The predicted molar refractivity (Wildman–Crippen MR) is 86.5 cm³/mol. The van der Waals surface area contributed by atoms with Crippen LogP contribution in [0.3, 0.4) is 0 Å². The highest BCUT2D eigenvalue weighted by atomic mass is 35.5. The van der Waals surface area contributed by atoms with Crippen LogP contribution in [0, 0.1) is 6.92 Å². The number of hydrogen-bond acceptors (Lipinski definition) is 3. The van der Waals surface area contributed by atoms with E-state index in [1.807, 2.05) is 43.3 Å². The fourth-order valence-corrected chi connectivity index (χ4v) is 2.77. The second-order valence-electron chi connectivity index (χ2n) is 4.80. The van der Waals surface area contributed by atoms with E-state index in [4.69, 9.17) is 33.5 Å². The first-order valence-electron chi connectivity index (χ1n) is 6.33. The Hall–Kier alpha value is -1.97. The molecule has 106 valence electrons. The zero-order valence-corrected chi connectivity index (χ0v) is 12.7. The van der Waals surface area contributed by atoms with Gasteiger partial charge >= 0.3 is 0 Å². The van der Waals surface area contributed by atoms with Gasteiger partial charge < -0.3 is 10.3 Å². The average Bonchev–Trinajstić information content (AvgIpc) is 2.79. The van der Waals surface area contributed by atoms with Crippen LogP contribution in [-0.4, -0.2) is 5.16 Å². The van der Waals surface area contributed by atoms with Crippen LogP contribution in [-0.2, 0) is 0 Å². The third-order valence-corrected chi connectivity index (χ3v) is 3.59. The van der Waals surface area contributed by atoms with E-state index < -0.39 is 0 Å². The minimum absolute atomic E-state index is 0.324. The summed E-state index contributed by atoms with van der Waals surface area (Å²) >= 11 is 12.2. The minimum Gasteiger partial charge on any atom is -0.380 e. The maximum absolute atomic E-state index is 6.12. The maximum Gasteiger partial charge on any atom is 0.176 e. The lowest BCUT2D eigenvalue weighted by atomic mass is 10.0. The molecule has 0 aliphatic rings. The summed E-state index contributed by atoms with van der Waals surface area (Å²) in [5, 5.41) is 5.14. The van der Waals surface area contributed by atoms with Crippen LogP contribution in [0.5, 0.6) is 0 Å². The fourth-order valence-electron chi connectivity index (χ4n) is 2.29. The Morgan fingerprint density at radius 2 is 1.76 bits per heavy atom. The predicted octanol–water partition coefficient (Wildman–Crippen LogP) is 5.21. The van der Waals surface area contributed by atoms with E-state index in [1.165, 1.54) is 0 Å². The Morgan fingerprint density at radius 1 is 1.00 bits per heavy atom. The number of aromatic nitrogens is 1. The molecule has 1 heterocycles. The van der Waals surface area contributed by atoms with Gasteiger partial charge in [0.2, 0.25) is 0 Å². The number of nitrogens with zero attached hydrogens (tertiary/aromatic N) is 1. The second kappa shape index (κ2) is 5.43. The molecule has 3 nitrogen and oxygen atoms in total. The summed E-state index contributed by atoms with van der Waals surface area (Å²) in [7, 11) is 0. The van der Waals surface area contributed by atoms with E-state index in [1.54, 1.807) is 6.07 Å². The van der Waals surface area contributed by atoms with Gasteiger partial charge in [-0.2, -0.15) is 0 Å². The van der Waals surface area contributed by atoms with Crippen molar-refractivity contribution in [2.24, 2.45) is 0 Å². The van der Waals surface area contributed by atoms with Crippen molar-refractivity contribution in [1.29, 1.82) is 0 Å². The van der Waals surface area contributed by atoms with Crippen LogP contribution in [0.4, 0.5) is 5.82 Å². The molecule has 0 saturated carbocycles. The summed E-state index contributed by atoms with van der Waals surface area (Å²) in [5.41, 5.74) is 9.40. The van der Waals surface area contributed by atoms with E-state index >= 15 is 0 Å². The number of rotatable bonds is 2. The number of hydrogen-bond donors (Lipinski definition) is 1. The Morgan fingerprint density at radius 3 is 2.48 bits per heavy atom. The Balaban J connectivity index is 2.21. The van der Waals surface area contributed by atoms with Crippen molar-refractivity contribution in [1.82, 2.24) is 5.16 Å². The number of nitrogen functional groups attached to an aromatic ring is 1. The van der Waals surface area contributed by atoms with E-state index in [2.05, 4.69) is 5.16 Å². The standard InChI is InChI=1S/C16H12Cl2N2O/c1-9-5-11(8-13(18)6-9)15-14(16(19)20-21-15)10-3-2-4-12(17)7-10/h2-8H,1H3,(H2,19,20). The van der Waals surface area contributed by atoms with Crippen LogP contribution in [0.2, 0.25) is 10.0 Å². The number of benzene rings is 2. The molecule has 2 aromatic carbocycles. The summed E-state index contributed by atoms with van der Waals surface area (Å²) in [6.07, 6.45) is 0. The summed E-state index contributed by atoms with van der Waals surface area (Å²) in [6.45, 7) is 1.97. The third-order valence-electron chi connectivity index (χ3n) is 3.14. The molecule has 0 atom stereocenters. The molecule has 0 unspecified atom stereocenters. The SMILES string of the molecule is Cc1cc(Cl)cc(-c2onc(N)c2-c2cccc(Cl)c2)c1. The topological polar surface area (TPSA) is 52.0 Å². The molecule has 0 bridgehead atoms. The van der Waals surface area contributed by atoms with Crippen LogP contribution in [0.25, 0.3) is 22.5 Å². The zero-order chi connectivity index (χ0) is 15.0. The van der Waals surface area contributed by atoms with E-state index in [0.29, 0.717) is 21.6 Å². The lowest BCUT2D eigenvalue weighted by molar-refractivity contribution is 0.436. The van der Waals surface area contributed by atoms with Crippen molar-refractivity contribution in [2.45, 2.75) is 6.92 Å². The van der Waals surface area contributed by atoms with Crippen molar-refractivity contribution in [3.8, 4) is 22.5 Å². The highest BCUT2D eigenvalue weighted by Gasteiger charge is 2.18. The highest BCUT2D eigenvalue weighted by Crippen LogP contribution is 2.38. The number of anilines is 1. The van der Waals surface area contributed by atoms with Gasteiger partial charge in [-0.25, -0.2) is 0 Å². The van der Waals surface area contributed by atoms with Gasteiger partial charge in [0.05, 0.1) is 5.56 Å². The monoisotopic (exact) mass is 318 g/mol. The molecule has 0 amide bonds. The van der Waals surface area contributed by atoms with Gasteiger partial charge in [-0.3, -0.25) is 0 Å². The number of halogens is 2. The van der Waals surface area contributed by atoms with Gasteiger partial charge in [0.25, 0.3) is 0 Å². The summed E-state index contributed by atoms with van der Waals surface area (Å²) in [6, 6.07) is 13.1. The summed E-state index contributed by atoms with van der Waals surface area (Å²) < 4.78 is 5.41. The zero-order valence-electron chi connectivity index (χ0n) is 11.2. The quantitative estimate of drug-likeness (QED) is 0.706. The van der Waals surface area contributed by atoms with Gasteiger partial charge in [-0.05, 0) is 48.4 Å². The summed E-state index contributed by atoms with van der Waals surface area (Å²) in [5.74, 6) is 0.908. The van der Waals surface area contributed by atoms with Crippen molar-refractivity contribution >= 4 is 29.0 Å². The Kier molecular flexibility index (Phi) is 3.62. The third kappa shape index (κ3) is 2.75. The molecule has 0 radical (unpaired) electrons. The van der Waals surface area contributed by atoms with E-state index in [-0.39, 0.29) is 0 Å². The maximum atomic E-state index is 6.12. The minimum atomic E-state index is 0.324. The Labute approximate surface area is 132 Å². The van der Waals surface area contributed by atoms with Gasteiger partial charge in [-0.15, -0.1) is 0 Å². The smallest absolute Gasteiger partial charge is 0.176 e. The van der Waals surface area contributed by atoms with Crippen LogP contribution < -0.4 is 5.73 Å². The average molecular weight is 319 g/mol. The highest BCUT2D eigenvalue weighted by molar-refractivity contribution is 6.31. The molecule has 2 N–H and O–H groups in total. The lowest BCUT2D eigenvalue weighted by Crippen LogP contribution is -1.89. The van der Waals surface area contributed by atoms with Gasteiger partial charge in [0.15, 0.2) is 11.6 Å². The first-order chi connectivity index (χ1) is 10.0. The van der Waals surface area contributed by atoms with Gasteiger partial charge in [0.1, 0.15) is 0 Å². The molecular weight excluding hydrogens is 307 g/mol. The molecule has 3 aromatic rings.